The molecule has 3 N–H and O–H groups in total. The van der Waals surface area contributed by atoms with Crippen molar-refractivity contribution in [3.8, 4) is 0 Å². The highest BCUT2D eigenvalue weighted by molar-refractivity contribution is 7.89. The number of sulfonamides is 1. The summed E-state index contributed by atoms with van der Waals surface area (Å²) in [7, 11) is -3.60. The number of piperidine rings is 1. The fourth-order valence-electron chi connectivity index (χ4n) is 3.62. The van der Waals surface area contributed by atoms with Crippen molar-refractivity contribution in [3.63, 3.8) is 0 Å². The number of anilines is 1. The minimum atomic E-state index is -3.60. The molecule has 2 aromatic rings. The molecule has 0 aromatic heterocycles. The summed E-state index contributed by atoms with van der Waals surface area (Å²) < 4.78 is 27.4. The first kappa shape index (κ1) is 22.3. The molecule has 3 rings (SSSR count). The van der Waals surface area contributed by atoms with Crippen LogP contribution in [-0.2, 0) is 14.8 Å². The normalized spacial score (nSPS) is 15.7. The second-order valence-electron chi connectivity index (χ2n) is 7.50. The first-order valence-corrected chi connectivity index (χ1v) is 11.4. The molecule has 160 valence electrons. The first-order valence-electron chi connectivity index (χ1n) is 9.57. The zero-order valence-electron chi connectivity index (χ0n) is 16.8. The zero-order chi connectivity index (χ0) is 22.1. The van der Waals surface area contributed by atoms with Crippen LogP contribution in [0.15, 0.2) is 41.3 Å². The molecule has 0 atom stereocenters. The molecule has 30 heavy (non-hydrogen) atoms. The smallest absolute Gasteiger partial charge is 0.250 e. The highest BCUT2D eigenvalue weighted by atomic mass is 35.5. The van der Waals surface area contributed by atoms with Crippen molar-refractivity contribution in [1.29, 1.82) is 0 Å². The first-order chi connectivity index (χ1) is 14.1. The highest BCUT2D eigenvalue weighted by Crippen LogP contribution is 2.27. The van der Waals surface area contributed by atoms with Crippen molar-refractivity contribution in [2.75, 3.05) is 18.4 Å². The number of rotatable bonds is 5. The topological polar surface area (TPSA) is 110 Å². The maximum Gasteiger partial charge on any atom is 0.250 e. The van der Waals surface area contributed by atoms with E-state index in [0.717, 1.165) is 5.56 Å². The fraction of sp³-hybridized carbons (Fsp3) is 0.333. The number of carbonyl (C=O) groups is 2. The molecule has 7 nitrogen and oxygen atoms in total. The van der Waals surface area contributed by atoms with Gasteiger partial charge in [-0.05, 0) is 56.5 Å². The molecule has 0 aliphatic carbocycles. The summed E-state index contributed by atoms with van der Waals surface area (Å²) >= 11 is 6.02. The highest BCUT2D eigenvalue weighted by Gasteiger charge is 2.32. The number of amides is 2. The summed E-state index contributed by atoms with van der Waals surface area (Å²) in [6, 6.07) is 9.76. The molecule has 2 aromatic carbocycles. The standard InChI is InChI=1S/C21H24ClN3O4S/c1-13-3-6-19(14(2)11-13)30(28,29)25-9-7-15(8-10-25)21(27)24-16-4-5-17(20(23)26)18(22)12-16/h3-6,11-12,15H,7-10H2,1-2H3,(H2,23,26)(H,24,27). The number of aryl methyl sites for hydroxylation is 2. The molecule has 0 radical (unpaired) electrons. The van der Waals surface area contributed by atoms with E-state index < -0.39 is 15.9 Å². The van der Waals surface area contributed by atoms with Crippen LogP contribution in [0.3, 0.4) is 0 Å². The van der Waals surface area contributed by atoms with Gasteiger partial charge in [0.1, 0.15) is 0 Å². The molecule has 0 bridgehead atoms. The Morgan fingerprint density at radius 2 is 1.77 bits per heavy atom. The van der Waals surface area contributed by atoms with Crippen LogP contribution in [0.4, 0.5) is 5.69 Å². The SMILES string of the molecule is Cc1ccc(S(=O)(=O)N2CCC(C(=O)Nc3ccc(C(N)=O)c(Cl)c3)CC2)c(C)c1. The van der Waals surface area contributed by atoms with E-state index in [1.165, 1.54) is 16.4 Å². The van der Waals surface area contributed by atoms with Crippen molar-refractivity contribution < 1.29 is 18.0 Å². The molecule has 1 aliphatic heterocycles. The van der Waals surface area contributed by atoms with Crippen LogP contribution in [0.2, 0.25) is 5.02 Å². The van der Waals surface area contributed by atoms with E-state index in [4.69, 9.17) is 17.3 Å². The number of nitrogens with one attached hydrogen (secondary N) is 1. The van der Waals surface area contributed by atoms with Crippen molar-refractivity contribution >= 4 is 39.1 Å². The van der Waals surface area contributed by atoms with E-state index in [9.17, 15) is 18.0 Å². The number of benzene rings is 2. The van der Waals surface area contributed by atoms with Crippen molar-refractivity contribution in [1.82, 2.24) is 4.31 Å². The average molecular weight is 450 g/mol. The predicted molar refractivity (Wildman–Crippen MR) is 116 cm³/mol. The molecule has 0 saturated carbocycles. The van der Waals surface area contributed by atoms with E-state index >= 15 is 0 Å². The quantitative estimate of drug-likeness (QED) is 0.730. The Kier molecular flexibility index (Phi) is 6.50. The number of nitrogens with zero attached hydrogens (tertiary/aromatic N) is 1. The summed E-state index contributed by atoms with van der Waals surface area (Å²) in [4.78, 5) is 24.2. The number of hydrogen-bond donors (Lipinski definition) is 2. The number of nitrogens with two attached hydrogens (primary N) is 1. The van der Waals surface area contributed by atoms with Gasteiger partial charge in [0.15, 0.2) is 0 Å². The average Bonchev–Trinajstić information content (AvgIpc) is 2.67. The summed E-state index contributed by atoms with van der Waals surface area (Å²) in [6.45, 7) is 4.25. The molecule has 1 heterocycles. The second-order valence-corrected chi connectivity index (χ2v) is 9.81. The summed E-state index contributed by atoms with van der Waals surface area (Å²) in [5, 5.41) is 2.94. The molecule has 1 saturated heterocycles. The Morgan fingerprint density at radius 3 is 2.33 bits per heavy atom. The third-order valence-corrected chi connectivity index (χ3v) is 7.65. The largest absolute Gasteiger partial charge is 0.366 e. The second kappa shape index (κ2) is 8.75. The number of carbonyl (C=O) groups excluding carboxylic acids is 2. The maximum atomic E-state index is 13.0. The Hall–Kier alpha value is -2.42. The summed E-state index contributed by atoms with van der Waals surface area (Å²) in [6.07, 6.45) is 0.839. The summed E-state index contributed by atoms with van der Waals surface area (Å²) in [5.74, 6) is -1.16. The van der Waals surface area contributed by atoms with Crippen LogP contribution in [0.25, 0.3) is 0 Å². The Balaban J connectivity index is 1.64. The van der Waals surface area contributed by atoms with Crippen molar-refractivity contribution in [2.24, 2.45) is 11.7 Å². The van der Waals surface area contributed by atoms with Gasteiger partial charge in [0.05, 0.1) is 15.5 Å². The van der Waals surface area contributed by atoms with Gasteiger partial charge in [0, 0.05) is 24.7 Å². The predicted octanol–water partition coefficient (Wildman–Crippen LogP) is 3.10. The van der Waals surface area contributed by atoms with Gasteiger partial charge in [-0.25, -0.2) is 8.42 Å². The third kappa shape index (κ3) is 4.66. The van der Waals surface area contributed by atoms with Crippen LogP contribution < -0.4 is 11.1 Å². The lowest BCUT2D eigenvalue weighted by atomic mass is 9.97. The molecular weight excluding hydrogens is 426 g/mol. The lowest BCUT2D eigenvalue weighted by Crippen LogP contribution is -2.41. The third-order valence-electron chi connectivity index (χ3n) is 5.28. The van der Waals surface area contributed by atoms with Gasteiger partial charge in [-0.1, -0.05) is 29.3 Å². The Bertz CT molecular complexity index is 1090. The van der Waals surface area contributed by atoms with Gasteiger partial charge in [0.2, 0.25) is 21.8 Å². The van der Waals surface area contributed by atoms with Crippen LogP contribution in [0, 0.1) is 19.8 Å². The molecular formula is C21H24ClN3O4S. The monoisotopic (exact) mass is 449 g/mol. The van der Waals surface area contributed by atoms with E-state index in [2.05, 4.69) is 5.32 Å². The van der Waals surface area contributed by atoms with Gasteiger partial charge in [-0.3, -0.25) is 9.59 Å². The van der Waals surface area contributed by atoms with E-state index in [-0.39, 0.29) is 35.5 Å². The van der Waals surface area contributed by atoms with Crippen LogP contribution in [0.5, 0.6) is 0 Å². The van der Waals surface area contributed by atoms with Crippen LogP contribution in [-0.4, -0.2) is 37.6 Å². The summed E-state index contributed by atoms with van der Waals surface area (Å²) in [5.41, 5.74) is 7.58. The number of primary amides is 1. The molecule has 1 aliphatic rings. The minimum absolute atomic E-state index is 0.162. The zero-order valence-corrected chi connectivity index (χ0v) is 18.4. The van der Waals surface area contributed by atoms with Gasteiger partial charge in [-0.15, -0.1) is 0 Å². The van der Waals surface area contributed by atoms with Crippen molar-refractivity contribution in [2.45, 2.75) is 31.6 Å². The van der Waals surface area contributed by atoms with Crippen LogP contribution >= 0.6 is 11.6 Å². The maximum absolute atomic E-state index is 13.0. The fourth-order valence-corrected chi connectivity index (χ4v) is 5.57. The molecule has 1 fully saturated rings. The molecule has 9 heteroatoms. The van der Waals surface area contributed by atoms with Gasteiger partial charge >= 0.3 is 0 Å². The lowest BCUT2D eigenvalue weighted by Gasteiger charge is -2.31. The Morgan fingerprint density at radius 1 is 1.10 bits per heavy atom. The van der Waals surface area contributed by atoms with Gasteiger partial charge in [0.25, 0.3) is 0 Å². The van der Waals surface area contributed by atoms with E-state index in [1.54, 1.807) is 25.1 Å². The van der Waals surface area contributed by atoms with Gasteiger partial charge in [-0.2, -0.15) is 4.31 Å². The van der Waals surface area contributed by atoms with E-state index in [0.29, 0.717) is 29.0 Å². The molecule has 0 spiro atoms. The van der Waals surface area contributed by atoms with E-state index in [1.807, 2.05) is 13.0 Å². The number of halogens is 1. The van der Waals surface area contributed by atoms with Gasteiger partial charge < -0.3 is 11.1 Å². The number of hydrogen-bond acceptors (Lipinski definition) is 4. The minimum Gasteiger partial charge on any atom is -0.366 e. The molecule has 0 unspecified atom stereocenters. The Labute approximate surface area is 181 Å². The van der Waals surface area contributed by atoms with Crippen molar-refractivity contribution in [3.05, 3.63) is 58.1 Å². The van der Waals surface area contributed by atoms with Crippen LogP contribution in [0.1, 0.15) is 34.3 Å². The molecule has 2 amide bonds. The lowest BCUT2D eigenvalue weighted by molar-refractivity contribution is -0.120.